The van der Waals surface area contributed by atoms with Gasteiger partial charge in [-0.15, -0.1) is 0 Å². The molecule has 2 aromatic rings. The van der Waals surface area contributed by atoms with Gasteiger partial charge in [0.25, 0.3) is 0 Å². The summed E-state index contributed by atoms with van der Waals surface area (Å²) >= 11 is 6.36. The monoisotopic (exact) mass is 376 g/mol. The second-order valence-electron chi connectivity index (χ2n) is 7.42. The molecule has 0 aliphatic heterocycles. The summed E-state index contributed by atoms with van der Waals surface area (Å²) in [6.45, 7) is 4.28. The van der Waals surface area contributed by atoms with E-state index >= 15 is 0 Å². The van der Waals surface area contributed by atoms with E-state index in [0.29, 0.717) is 5.02 Å². The van der Waals surface area contributed by atoms with Crippen molar-refractivity contribution in [1.82, 2.24) is 0 Å². The lowest BCUT2D eigenvalue weighted by Gasteiger charge is -2.26. The molecule has 0 heterocycles. The van der Waals surface area contributed by atoms with Gasteiger partial charge in [-0.05, 0) is 54.9 Å². The lowest BCUT2D eigenvalue weighted by molar-refractivity contribution is 0.308. The summed E-state index contributed by atoms with van der Waals surface area (Å²) in [4.78, 5) is 0.267. The fourth-order valence-corrected chi connectivity index (χ4v) is 5.87. The zero-order valence-electron chi connectivity index (χ0n) is 14.8. The Labute approximate surface area is 156 Å². The molecule has 0 bridgehead atoms. The Bertz CT molecular complexity index is 833. The Hall–Kier alpha value is -1.32. The van der Waals surface area contributed by atoms with Crippen LogP contribution in [0.5, 0.6) is 0 Å². The average Bonchev–Trinajstić information content (AvgIpc) is 2.57. The van der Waals surface area contributed by atoms with Crippen LogP contribution in [0.15, 0.2) is 47.4 Å². The molecule has 4 heteroatoms. The van der Waals surface area contributed by atoms with Crippen LogP contribution in [-0.4, -0.2) is 14.2 Å². The van der Waals surface area contributed by atoms with E-state index in [2.05, 4.69) is 6.92 Å². The van der Waals surface area contributed by atoms with Crippen molar-refractivity contribution in [2.24, 2.45) is 11.8 Å². The quantitative estimate of drug-likeness (QED) is 0.664. The molecule has 3 rings (SSSR count). The summed E-state index contributed by atoms with van der Waals surface area (Å²) in [5.74, 6) is 1.19. The van der Waals surface area contributed by atoms with Gasteiger partial charge in [-0.2, -0.15) is 0 Å². The summed E-state index contributed by atoms with van der Waals surface area (Å²) in [5, 5.41) is 0.322. The van der Waals surface area contributed by atoms with Crippen molar-refractivity contribution < 1.29 is 8.42 Å². The average molecular weight is 377 g/mol. The molecular weight excluding hydrogens is 352 g/mol. The SMILES string of the molecule is Cc1ccc(-c2ccc(S(=O)(=O)CC3CCC(C)CC3)c(Cl)c2)cc1. The Morgan fingerprint density at radius 1 is 0.960 bits per heavy atom. The van der Waals surface area contributed by atoms with E-state index in [-0.39, 0.29) is 16.6 Å². The lowest BCUT2D eigenvalue weighted by atomic mass is 9.84. The maximum absolute atomic E-state index is 12.8. The van der Waals surface area contributed by atoms with E-state index in [1.165, 1.54) is 5.56 Å². The zero-order valence-corrected chi connectivity index (χ0v) is 16.4. The van der Waals surface area contributed by atoms with Crippen molar-refractivity contribution in [2.75, 3.05) is 5.75 Å². The van der Waals surface area contributed by atoms with Gasteiger partial charge in [-0.25, -0.2) is 8.42 Å². The van der Waals surface area contributed by atoms with Crippen molar-refractivity contribution >= 4 is 21.4 Å². The first-order valence-electron chi connectivity index (χ1n) is 8.94. The molecule has 0 amide bonds. The van der Waals surface area contributed by atoms with Gasteiger partial charge in [-0.1, -0.05) is 67.3 Å². The Morgan fingerprint density at radius 2 is 1.56 bits per heavy atom. The molecule has 0 unspecified atom stereocenters. The molecule has 1 aliphatic carbocycles. The number of halogens is 1. The number of aryl methyl sites for hydroxylation is 1. The first-order valence-corrected chi connectivity index (χ1v) is 11.0. The van der Waals surface area contributed by atoms with Crippen LogP contribution < -0.4 is 0 Å². The van der Waals surface area contributed by atoms with Crippen LogP contribution in [0.2, 0.25) is 5.02 Å². The van der Waals surface area contributed by atoms with E-state index in [4.69, 9.17) is 11.6 Å². The highest BCUT2D eigenvalue weighted by Gasteiger charge is 2.26. The van der Waals surface area contributed by atoms with E-state index in [1.54, 1.807) is 12.1 Å². The molecule has 1 aliphatic rings. The highest BCUT2D eigenvalue weighted by atomic mass is 35.5. The highest BCUT2D eigenvalue weighted by molar-refractivity contribution is 7.91. The normalized spacial score (nSPS) is 21.2. The lowest BCUT2D eigenvalue weighted by Crippen LogP contribution is -2.21. The topological polar surface area (TPSA) is 34.1 Å². The smallest absolute Gasteiger partial charge is 0.180 e. The molecule has 0 aromatic heterocycles. The molecule has 134 valence electrons. The third-order valence-corrected chi connectivity index (χ3v) is 7.60. The number of hydrogen-bond acceptors (Lipinski definition) is 2. The molecule has 2 nitrogen and oxygen atoms in total. The zero-order chi connectivity index (χ0) is 18.0. The molecule has 0 saturated heterocycles. The molecule has 0 atom stereocenters. The first kappa shape index (κ1) is 18.5. The summed E-state index contributed by atoms with van der Waals surface area (Å²) in [6, 6.07) is 13.4. The van der Waals surface area contributed by atoms with E-state index in [0.717, 1.165) is 42.7 Å². The highest BCUT2D eigenvalue weighted by Crippen LogP contribution is 2.33. The fourth-order valence-electron chi connectivity index (χ4n) is 3.57. The Balaban J connectivity index is 1.81. The largest absolute Gasteiger partial charge is 0.224 e. The van der Waals surface area contributed by atoms with Crippen LogP contribution >= 0.6 is 11.6 Å². The second-order valence-corrected chi connectivity index (χ2v) is 9.83. The maximum Gasteiger partial charge on any atom is 0.180 e. The van der Waals surface area contributed by atoms with Crippen LogP contribution in [0.4, 0.5) is 0 Å². The van der Waals surface area contributed by atoms with Crippen molar-refractivity contribution in [1.29, 1.82) is 0 Å². The standard InChI is InChI=1S/C21H25ClO2S/c1-15-3-7-17(8-4-15)14-25(23,24)21-12-11-19(13-20(21)22)18-9-5-16(2)6-10-18/h5-6,9-13,15,17H,3-4,7-8,14H2,1-2H3. The van der Waals surface area contributed by atoms with E-state index < -0.39 is 9.84 Å². The molecule has 0 N–H and O–H groups in total. The third kappa shape index (κ3) is 4.45. The van der Waals surface area contributed by atoms with Crippen molar-refractivity contribution in [3.05, 3.63) is 53.1 Å². The molecular formula is C21H25ClO2S. The van der Waals surface area contributed by atoms with Crippen molar-refractivity contribution in [3.8, 4) is 11.1 Å². The van der Waals surface area contributed by atoms with Gasteiger partial charge in [0.2, 0.25) is 0 Å². The van der Waals surface area contributed by atoms with Gasteiger partial charge < -0.3 is 0 Å². The van der Waals surface area contributed by atoms with E-state index in [1.807, 2.05) is 37.3 Å². The summed E-state index contributed by atoms with van der Waals surface area (Å²) < 4.78 is 25.6. The minimum atomic E-state index is -3.35. The fraction of sp³-hybridized carbons (Fsp3) is 0.429. The Morgan fingerprint density at radius 3 is 2.16 bits per heavy atom. The summed E-state index contributed by atoms with van der Waals surface area (Å²) in [6.07, 6.45) is 4.25. The predicted octanol–water partition coefficient (Wildman–Crippen LogP) is 5.92. The number of hydrogen-bond donors (Lipinski definition) is 0. The van der Waals surface area contributed by atoms with Gasteiger partial charge in [-0.3, -0.25) is 0 Å². The van der Waals surface area contributed by atoms with Gasteiger partial charge in [0.05, 0.1) is 15.7 Å². The maximum atomic E-state index is 12.8. The molecule has 0 radical (unpaired) electrons. The molecule has 25 heavy (non-hydrogen) atoms. The molecule has 1 fully saturated rings. The Kier molecular flexibility index (Phi) is 5.55. The minimum Gasteiger partial charge on any atom is -0.224 e. The van der Waals surface area contributed by atoms with Crippen LogP contribution in [0.25, 0.3) is 11.1 Å². The van der Waals surface area contributed by atoms with Crippen molar-refractivity contribution in [2.45, 2.75) is 44.4 Å². The predicted molar refractivity (Wildman–Crippen MR) is 105 cm³/mol. The summed E-state index contributed by atoms with van der Waals surface area (Å²) in [7, 11) is -3.35. The van der Waals surface area contributed by atoms with Gasteiger partial charge in [0.1, 0.15) is 0 Å². The van der Waals surface area contributed by atoms with Crippen LogP contribution in [-0.2, 0) is 9.84 Å². The minimum absolute atomic E-state index is 0.212. The number of rotatable bonds is 4. The second kappa shape index (κ2) is 7.51. The van der Waals surface area contributed by atoms with Gasteiger partial charge in [0.15, 0.2) is 9.84 Å². The van der Waals surface area contributed by atoms with Crippen molar-refractivity contribution in [3.63, 3.8) is 0 Å². The summed E-state index contributed by atoms with van der Waals surface area (Å²) in [5.41, 5.74) is 3.17. The third-order valence-electron chi connectivity index (χ3n) is 5.24. The number of benzene rings is 2. The van der Waals surface area contributed by atoms with Crippen LogP contribution in [0, 0.1) is 18.8 Å². The molecule has 0 spiro atoms. The number of sulfone groups is 1. The molecule has 1 saturated carbocycles. The van der Waals surface area contributed by atoms with Crippen LogP contribution in [0.1, 0.15) is 38.2 Å². The first-order chi connectivity index (χ1) is 11.8. The van der Waals surface area contributed by atoms with E-state index in [9.17, 15) is 8.42 Å². The van der Waals surface area contributed by atoms with Gasteiger partial charge >= 0.3 is 0 Å². The van der Waals surface area contributed by atoms with Crippen LogP contribution in [0.3, 0.4) is 0 Å². The molecule has 2 aromatic carbocycles. The van der Waals surface area contributed by atoms with Gasteiger partial charge in [0, 0.05) is 0 Å².